The Bertz CT molecular complexity index is 392. The molecule has 0 fully saturated rings. The molecule has 0 aliphatic carbocycles. The lowest BCUT2D eigenvalue weighted by Crippen LogP contribution is -2.35. The van der Waals surface area contributed by atoms with E-state index in [0.717, 1.165) is 11.3 Å². The van der Waals surface area contributed by atoms with Crippen LogP contribution < -0.4 is 16.4 Å². The van der Waals surface area contributed by atoms with Crippen LogP contribution in [0.3, 0.4) is 0 Å². The molecule has 1 rings (SSSR count). The van der Waals surface area contributed by atoms with Gasteiger partial charge in [0.2, 0.25) is 12.3 Å². The summed E-state index contributed by atoms with van der Waals surface area (Å²) in [4.78, 5) is 20.4. The normalized spacial score (nSPS) is 8.86. The summed E-state index contributed by atoms with van der Waals surface area (Å²) in [6, 6.07) is 7.18. The minimum absolute atomic E-state index is 0.0291. The number of nitrogens with two attached hydrogens (primary N) is 1. The van der Waals surface area contributed by atoms with Crippen molar-refractivity contribution >= 4 is 18.0 Å². The average molecular weight is 311 g/mol. The number of hydrogen-bond acceptors (Lipinski definition) is 4. The number of rotatable bonds is 5. The van der Waals surface area contributed by atoms with Gasteiger partial charge in [0.25, 0.3) is 0 Å². The Morgan fingerprint density at radius 1 is 1.27 bits per heavy atom. The minimum Gasteiger partial charge on any atom is -0.392 e. The summed E-state index contributed by atoms with van der Waals surface area (Å²) in [6.45, 7) is 8.15. The van der Waals surface area contributed by atoms with Crippen LogP contribution in [-0.4, -0.2) is 30.0 Å². The van der Waals surface area contributed by atoms with Gasteiger partial charge in [-0.25, -0.2) is 0 Å². The van der Waals surface area contributed by atoms with E-state index in [1.807, 2.05) is 13.8 Å². The number of benzene rings is 1. The van der Waals surface area contributed by atoms with Crippen molar-refractivity contribution in [1.82, 2.24) is 5.32 Å². The van der Waals surface area contributed by atoms with Gasteiger partial charge in [-0.15, -0.1) is 0 Å². The quantitative estimate of drug-likeness (QED) is 0.620. The highest BCUT2D eigenvalue weighted by atomic mass is 16.3. The molecule has 6 heteroatoms. The van der Waals surface area contributed by atoms with Crippen molar-refractivity contribution in [3.63, 3.8) is 0 Å². The minimum atomic E-state index is -0.0972. The molecule has 1 aromatic rings. The van der Waals surface area contributed by atoms with E-state index in [1.165, 1.54) is 6.42 Å². The summed E-state index contributed by atoms with van der Waals surface area (Å²) < 4.78 is 0. The molecule has 2 amide bonds. The fourth-order valence-electron chi connectivity index (χ4n) is 1.16. The summed E-state index contributed by atoms with van der Waals surface area (Å²) >= 11 is 0. The van der Waals surface area contributed by atoms with Crippen molar-refractivity contribution in [3.05, 3.63) is 29.8 Å². The van der Waals surface area contributed by atoms with Crippen molar-refractivity contribution in [2.75, 3.05) is 11.9 Å². The Hall–Kier alpha value is -1.92. The van der Waals surface area contributed by atoms with Gasteiger partial charge in [-0.05, 0) is 31.5 Å². The molecule has 1 aromatic carbocycles. The first-order valence-electron chi connectivity index (χ1n) is 7.34. The van der Waals surface area contributed by atoms with E-state index < -0.39 is 0 Å². The van der Waals surface area contributed by atoms with Gasteiger partial charge >= 0.3 is 0 Å². The Morgan fingerprint density at radius 2 is 1.77 bits per heavy atom. The summed E-state index contributed by atoms with van der Waals surface area (Å²) in [5, 5.41) is 13.8. The number of hydrogen-bond donors (Lipinski definition) is 4. The Labute approximate surface area is 133 Å². The number of anilines is 1. The number of amides is 2. The molecule has 0 saturated heterocycles. The highest BCUT2D eigenvalue weighted by Gasteiger charge is 1.96. The molecule has 0 bridgehead atoms. The van der Waals surface area contributed by atoms with Crippen LogP contribution in [0.15, 0.2) is 24.3 Å². The van der Waals surface area contributed by atoms with Crippen LogP contribution in [0.25, 0.3) is 0 Å². The van der Waals surface area contributed by atoms with Crippen LogP contribution in [0.2, 0.25) is 0 Å². The largest absolute Gasteiger partial charge is 0.392 e. The van der Waals surface area contributed by atoms with Crippen LogP contribution in [0, 0.1) is 0 Å². The summed E-state index contributed by atoms with van der Waals surface area (Å²) in [7, 11) is 0. The van der Waals surface area contributed by atoms with Gasteiger partial charge in [0, 0.05) is 11.7 Å². The molecule has 0 aromatic heterocycles. The first-order chi connectivity index (χ1) is 10.4. The molecular weight excluding hydrogens is 282 g/mol. The topological polar surface area (TPSA) is 104 Å². The summed E-state index contributed by atoms with van der Waals surface area (Å²) in [5.74, 6) is -0.0972. The van der Waals surface area contributed by atoms with Crippen LogP contribution >= 0.6 is 0 Å². The number of carbonyl (C=O) groups is 2. The van der Waals surface area contributed by atoms with Gasteiger partial charge in [-0.1, -0.05) is 32.4 Å². The number of aliphatic hydroxyl groups is 1. The second kappa shape index (κ2) is 15.5. The van der Waals surface area contributed by atoms with E-state index in [1.54, 1.807) is 24.3 Å². The molecule has 0 aliphatic rings. The van der Waals surface area contributed by atoms with E-state index >= 15 is 0 Å². The van der Waals surface area contributed by atoms with E-state index in [2.05, 4.69) is 24.5 Å². The lowest BCUT2D eigenvalue weighted by atomic mass is 10.2. The first kappa shape index (κ1) is 22.4. The van der Waals surface area contributed by atoms with Crippen LogP contribution in [0.1, 0.15) is 39.7 Å². The fourth-order valence-corrected chi connectivity index (χ4v) is 1.16. The average Bonchev–Trinajstić information content (AvgIpc) is 2.49. The van der Waals surface area contributed by atoms with E-state index in [-0.39, 0.29) is 25.1 Å². The molecule has 0 unspecified atom stereocenters. The van der Waals surface area contributed by atoms with E-state index in [4.69, 9.17) is 10.8 Å². The zero-order chi connectivity index (χ0) is 17.4. The van der Waals surface area contributed by atoms with Crippen molar-refractivity contribution < 1.29 is 14.7 Å². The molecular formula is C16H29N3O3. The van der Waals surface area contributed by atoms with E-state index in [0.29, 0.717) is 6.41 Å². The van der Waals surface area contributed by atoms with Crippen molar-refractivity contribution in [2.45, 2.75) is 46.8 Å². The second-order valence-corrected chi connectivity index (χ2v) is 4.75. The summed E-state index contributed by atoms with van der Waals surface area (Å²) in [5.41, 5.74) is 6.58. The predicted octanol–water partition coefficient (Wildman–Crippen LogP) is 1.63. The van der Waals surface area contributed by atoms with Crippen molar-refractivity contribution in [2.24, 2.45) is 5.73 Å². The smallest absolute Gasteiger partial charge is 0.233 e. The van der Waals surface area contributed by atoms with Gasteiger partial charge < -0.3 is 21.5 Å². The maximum Gasteiger partial charge on any atom is 0.233 e. The van der Waals surface area contributed by atoms with Gasteiger partial charge in [0.15, 0.2) is 0 Å². The van der Waals surface area contributed by atoms with Crippen molar-refractivity contribution in [3.8, 4) is 0 Å². The number of carbonyl (C=O) groups excluding carboxylic acids is 2. The highest BCUT2D eigenvalue weighted by Crippen LogP contribution is 2.07. The maximum absolute atomic E-state index is 10.4. The molecule has 22 heavy (non-hydrogen) atoms. The van der Waals surface area contributed by atoms with Crippen molar-refractivity contribution in [1.29, 1.82) is 0 Å². The van der Waals surface area contributed by atoms with Crippen LogP contribution in [-0.2, 0) is 16.2 Å². The molecule has 126 valence electrons. The molecule has 0 radical (unpaired) electrons. The molecule has 5 N–H and O–H groups in total. The summed E-state index contributed by atoms with van der Waals surface area (Å²) in [6.07, 6.45) is 1.87. The van der Waals surface area contributed by atoms with Crippen LogP contribution in [0.5, 0.6) is 0 Å². The third-order valence-corrected chi connectivity index (χ3v) is 2.00. The maximum atomic E-state index is 10.4. The zero-order valence-corrected chi connectivity index (χ0v) is 13.9. The SMILES string of the molecule is CC(C)NC(=O)CN.CCC.O=CNc1ccc(CO)cc1. The molecule has 0 heterocycles. The molecule has 0 spiro atoms. The zero-order valence-electron chi connectivity index (χ0n) is 13.9. The molecule has 0 atom stereocenters. The van der Waals surface area contributed by atoms with Gasteiger partial charge in [-0.3, -0.25) is 9.59 Å². The Balaban J connectivity index is 0. The highest BCUT2D eigenvalue weighted by molar-refractivity contribution is 5.77. The molecule has 0 saturated carbocycles. The van der Waals surface area contributed by atoms with Crippen LogP contribution in [0.4, 0.5) is 5.69 Å². The van der Waals surface area contributed by atoms with Gasteiger partial charge in [0.1, 0.15) is 0 Å². The number of aliphatic hydroxyl groups excluding tert-OH is 1. The third-order valence-electron chi connectivity index (χ3n) is 2.00. The first-order valence-corrected chi connectivity index (χ1v) is 7.34. The monoisotopic (exact) mass is 311 g/mol. The van der Waals surface area contributed by atoms with E-state index in [9.17, 15) is 9.59 Å². The molecule has 0 aliphatic heterocycles. The second-order valence-electron chi connectivity index (χ2n) is 4.75. The molecule has 6 nitrogen and oxygen atoms in total. The standard InChI is InChI=1S/C8H9NO2.C5H12N2O.C3H8/c10-5-7-1-3-8(4-2-7)9-6-11;1-4(2)7-5(8)3-6;1-3-2/h1-4,6,10H,5H2,(H,9,11);4H,3,6H2,1-2H3,(H,7,8);3H2,1-2H3. The van der Waals surface area contributed by atoms with Gasteiger partial charge in [0.05, 0.1) is 13.2 Å². The number of nitrogens with one attached hydrogen (secondary N) is 2. The predicted molar refractivity (Wildman–Crippen MR) is 90.3 cm³/mol. The van der Waals surface area contributed by atoms with Gasteiger partial charge in [-0.2, -0.15) is 0 Å². The Kier molecular flexibility index (Phi) is 15.7. The fraction of sp³-hybridized carbons (Fsp3) is 0.500. The third kappa shape index (κ3) is 14.5. The Morgan fingerprint density at radius 3 is 2.05 bits per heavy atom. The lowest BCUT2D eigenvalue weighted by molar-refractivity contribution is -0.120. The lowest BCUT2D eigenvalue weighted by Gasteiger charge is -2.04.